The highest BCUT2D eigenvalue weighted by Crippen LogP contribution is 2.16. The number of imide groups is 1. The van der Waals surface area contributed by atoms with Gasteiger partial charge in [0.25, 0.3) is 0 Å². The Morgan fingerprint density at radius 1 is 1.50 bits per heavy atom. The van der Waals surface area contributed by atoms with Gasteiger partial charge >= 0.3 is 0 Å². The van der Waals surface area contributed by atoms with Crippen molar-refractivity contribution in [3.05, 3.63) is 12.2 Å². The number of hydrogen-bond acceptors (Lipinski definition) is 3. The fourth-order valence-corrected chi connectivity index (χ4v) is 1.34. The molecule has 0 N–H and O–H groups in total. The number of rotatable bonds is 4. The molecule has 0 aromatic heterocycles. The van der Waals surface area contributed by atoms with E-state index >= 15 is 0 Å². The first-order valence-electron chi connectivity index (χ1n) is 4.63. The number of ether oxygens (including phenoxy) is 1. The molecule has 4 nitrogen and oxygen atoms in total. The predicted molar refractivity (Wildman–Crippen MR) is 51.3 cm³/mol. The molecule has 0 spiro atoms. The number of amides is 2. The first kappa shape index (κ1) is 10.9. The van der Waals surface area contributed by atoms with Gasteiger partial charge in [-0.1, -0.05) is 12.2 Å². The third-order valence-corrected chi connectivity index (χ3v) is 2.02. The third-order valence-electron chi connectivity index (χ3n) is 2.02. The Kier molecular flexibility index (Phi) is 3.41. The fourth-order valence-electron chi connectivity index (χ4n) is 1.34. The average Bonchev–Trinajstić information content (AvgIpc) is 2.42. The zero-order valence-corrected chi connectivity index (χ0v) is 8.58. The molecule has 1 atom stereocenters. The molecule has 0 aromatic carbocycles. The standard InChI is InChI=1S/C10H15NO3/c1-7(2)6-14-8(3)11-9(12)4-5-10(11)13/h8H,1,4-6H2,2-3H3. The third kappa shape index (κ3) is 2.42. The summed E-state index contributed by atoms with van der Waals surface area (Å²) in [5, 5.41) is 0. The Balaban J connectivity index is 2.50. The van der Waals surface area contributed by atoms with E-state index in [0.29, 0.717) is 19.4 Å². The Labute approximate surface area is 83.5 Å². The van der Waals surface area contributed by atoms with Crippen LogP contribution in [0, 0.1) is 0 Å². The van der Waals surface area contributed by atoms with E-state index in [1.807, 2.05) is 6.92 Å². The van der Waals surface area contributed by atoms with Crippen LogP contribution in [0.3, 0.4) is 0 Å². The van der Waals surface area contributed by atoms with Gasteiger partial charge in [0.2, 0.25) is 11.8 Å². The van der Waals surface area contributed by atoms with Crippen LogP contribution in [-0.4, -0.2) is 29.5 Å². The zero-order chi connectivity index (χ0) is 10.7. The highest BCUT2D eigenvalue weighted by molar-refractivity contribution is 6.02. The van der Waals surface area contributed by atoms with E-state index in [9.17, 15) is 9.59 Å². The lowest BCUT2D eigenvalue weighted by molar-refractivity contribution is -0.151. The van der Waals surface area contributed by atoms with E-state index in [0.717, 1.165) is 5.57 Å². The molecule has 0 radical (unpaired) electrons. The number of likely N-dealkylation sites (tertiary alicyclic amines) is 1. The lowest BCUT2D eigenvalue weighted by Gasteiger charge is -2.22. The van der Waals surface area contributed by atoms with Gasteiger partial charge in [0.05, 0.1) is 6.61 Å². The van der Waals surface area contributed by atoms with Crippen molar-refractivity contribution in [2.45, 2.75) is 32.9 Å². The van der Waals surface area contributed by atoms with Crippen LogP contribution in [0.2, 0.25) is 0 Å². The van der Waals surface area contributed by atoms with Crippen LogP contribution in [0.1, 0.15) is 26.7 Å². The van der Waals surface area contributed by atoms with Gasteiger partial charge in [0.15, 0.2) is 0 Å². The molecule has 1 heterocycles. The van der Waals surface area contributed by atoms with Crippen molar-refractivity contribution in [1.29, 1.82) is 0 Å². The zero-order valence-electron chi connectivity index (χ0n) is 8.58. The number of nitrogens with zero attached hydrogens (tertiary/aromatic N) is 1. The highest BCUT2D eigenvalue weighted by Gasteiger charge is 2.33. The summed E-state index contributed by atoms with van der Waals surface area (Å²) >= 11 is 0. The lowest BCUT2D eigenvalue weighted by Crippen LogP contribution is -2.39. The summed E-state index contributed by atoms with van der Waals surface area (Å²) in [5.74, 6) is -0.298. The largest absolute Gasteiger partial charge is 0.354 e. The van der Waals surface area contributed by atoms with Crippen LogP contribution in [0.5, 0.6) is 0 Å². The van der Waals surface area contributed by atoms with Gasteiger partial charge in [0.1, 0.15) is 6.23 Å². The molecule has 1 rings (SSSR count). The van der Waals surface area contributed by atoms with Crippen molar-refractivity contribution in [3.8, 4) is 0 Å². The SMILES string of the molecule is C=C(C)COC(C)N1C(=O)CCC1=O. The maximum Gasteiger partial charge on any atom is 0.231 e. The molecule has 0 bridgehead atoms. The molecule has 14 heavy (non-hydrogen) atoms. The van der Waals surface area contributed by atoms with Gasteiger partial charge in [-0.2, -0.15) is 0 Å². The van der Waals surface area contributed by atoms with Gasteiger partial charge < -0.3 is 4.74 Å². The second-order valence-electron chi connectivity index (χ2n) is 3.52. The first-order chi connectivity index (χ1) is 6.52. The molecule has 0 aromatic rings. The minimum Gasteiger partial charge on any atom is -0.354 e. The molecule has 2 amide bonds. The molecule has 1 fully saturated rings. The first-order valence-corrected chi connectivity index (χ1v) is 4.63. The second kappa shape index (κ2) is 4.37. The Morgan fingerprint density at radius 3 is 2.43 bits per heavy atom. The number of hydrogen-bond donors (Lipinski definition) is 0. The summed E-state index contributed by atoms with van der Waals surface area (Å²) in [5.41, 5.74) is 0.871. The summed E-state index contributed by atoms with van der Waals surface area (Å²) in [7, 11) is 0. The number of carbonyl (C=O) groups is 2. The monoisotopic (exact) mass is 197 g/mol. The van der Waals surface area contributed by atoms with Crippen molar-refractivity contribution >= 4 is 11.8 Å². The lowest BCUT2D eigenvalue weighted by atomic mass is 10.4. The summed E-state index contributed by atoms with van der Waals surface area (Å²) in [6.07, 6.45) is 0.133. The van der Waals surface area contributed by atoms with E-state index in [1.54, 1.807) is 6.92 Å². The van der Waals surface area contributed by atoms with Crippen molar-refractivity contribution < 1.29 is 14.3 Å². The van der Waals surface area contributed by atoms with Crippen molar-refractivity contribution in [2.24, 2.45) is 0 Å². The van der Waals surface area contributed by atoms with E-state index in [1.165, 1.54) is 4.90 Å². The van der Waals surface area contributed by atoms with E-state index < -0.39 is 6.23 Å². The van der Waals surface area contributed by atoms with Crippen LogP contribution >= 0.6 is 0 Å². The van der Waals surface area contributed by atoms with Crippen molar-refractivity contribution in [2.75, 3.05) is 6.61 Å². The van der Waals surface area contributed by atoms with Crippen LogP contribution < -0.4 is 0 Å². The molecule has 0 saturated carbocycles. The van der Waals surface area contributed by atoms with Gasteiger partial charge in [-0.05, 0) is 13.8 Å². The normalized spacial score (nSPS) is 18.9. The second-order valence-corrected chi connectivity index (χ2v) is 3.52. The Bertz CT molecular complexity index is 257. The average molecular weight is 197 g/mol. The van der Waals surface area contributed by atoms with E-state index in [-0.39, 0.29) is 11.8 Å². The minimum atomic E-state index is -0.478. The minimum absolute atomic E-state index is 0.149. The smallest absolute Gasteiger partial charge is 0.231 e. The van der Waals surface area contributed by atoms with E-state index in [4.69, 9.17) is 4.74 Å². The Morgan fingerprint density at radius 2 is 2.00 bits per heavy atom. The molecule has 4 heteroatoms. The summed E-state index contributed by atoms with van der Waals surface area (Å²) in [6.45, 7) is 7.58. The summed E-state index contributed by atoms with van der Waals surface area (Å²) in [4.78, 5) is 23.7. The molecular formula is C10H15NO3. The maximum atomic E-state index is 11.3. The van der Waals surface area contributed by atoms with Gasteiger partial charge in [-0.15, -0.1) is 0 Å². The van der Waals surface area contributed by atoms with Crippen molar-refractivity contribution in [3.63, 3.8) is 0 Å². The number of carbonyl (C=O) groups excluding carboxylic acids is 2. The van der Waals surface area contributed by atoms with Gasteiger partial charge in [-0.25, -0.2) is 0 Å². The van der Waals surface area contributed by atoms with E-state index in [2.05, 4.69) is 6.58 Å². The quantitative estimate of drug-likeness (QED) is 0.500. The maximum absolute atomic E-state index is 11.3. The fraction of sp³-hybridized carbons (Fsp3) is 0.600. The molecule has 1 saturated heterocycles. The van der Waals surface area contributed by atoms with Crippen molar-refractivity contribution in [1.82, 2.24) is 4.90 Å². The van der Waals surface area contributed by atoms with Crippen LogP contribution in [0.4, 0.5) is 0 Å². The van der Waals surface area contributed by atoms with Crippen LogP contribution in [0.15, 0.2) is 12.2 Å². The van der Waals surface area contributed by atoms with Crippen LogP contribution in [-0.2, 0) is 14.3 Å². The molecule has 1 aliphatic rings. The molecule has 1 aliphatic heterocycles. The van der Waals surface area contributed by atoms with Gasteiger partial charge in [0, 0.05) is 12.8 Å². The predicted octanol–water partition coefficient (Wildman–Crippen LogP) is 1.07. The Hall–Kier alpha value is -1.16. The highest BCUT2D eigenvalue weighted by atomic mass is 16.5. The summed E-state index contributed by atoms with van der Waals surface area (Å²) < 4.78 is 5.31. The van der Waals surface area contributed by atoms with Crippen LogP contribution in [0.25, 0.3) is 0 Å². The van der Waals surface area contributed by atoms with Gasteiger partial charge in [-0.3, -0.25) is 14.5 Å². The molecule has 78 valence electrons. The summed E-state index contributed by atoms with van der Waals surface area (Å²) in [6, 6.07) is 0. The molecule has 0 aliphatic carbocycles. The molecular weight excluding hydrogens is 182 g/mol. The topological polar surface area (TPSA) is 46.6 Å². The molecule has 1 unspecified atom stereocenters.